The van der Waals surface area contributed by atoms with Gasteiger partial charge in [-0.3, -0.25) is 4.40 Å². The van der Waals surface area contributed by atoms with Gasteiger partial charge >= 0.3 is 5.97 Å². The first-order valence-electron chi connectivity index (χ1n) is 5.48. The zero-order chi connectivity index (χ0) is 14.3. The van der Waals surface area contributed by atoms with E-state index in [0.29, 0.717) is 22.1 Å². The van der Waals surface area contributed by atoms with Crippen LogP contribution in [0.5, 0.6) is 0 Å². The molecular weight excluding hydrogens is 366 g/mol. The molecule has 3 rings (SSSR count). The van der Waals surface area contributed by atoms with Gasteiger partial charge in [-0.15, -0.1) is 21.5 Å². The number of carbonyl (C=O) groups is 1. The van der Waals surface area contributed by atoms with Crippen molar-refractivity contribution in [2.75, 3.05) is 7.11 Å². The number of rotatable bonds is 2. The van der Waals surface area contributed by atoms with Crippen LogP contribution < -0.4 is 0 Å². The quantitative estimate of drug-likeness (QED) is 0.644. The van der Waals surface area contributed by atoms with Gasteiger partial charge in [-0.25, -0.2) is 4.79 Å². The van der Waals surface area contributed by atoms with E-state index < -0.39 is 5.97 Å². The van der Waals surface area contributed by atoms with Crippen molar-refractivity contribution in [1.82, 2.24) is 14.6 Å². The second kappa shape index (κ2) is 5.16. The lowest BCUT2D eigenvalue weighted by Crippen LogP contribution is -2.03. The Morgan fingerprint density at radius 2 is 2.25 bits per heavy atom. The Labute approximate surface area is 131 Å². The predicted octanol–water partition coefficient (Wildman–Crippen LogP) is 3.66. The first kappa shape index (κ1) is 13.5. The number of aromatic nitrogens is 3. The maximum atomic E-state index is 11.6. The minimum absolute atomic E-state index is 0.349. The van der Waals surface area contributed by atoms with E-state index in [1.165, 1.54) is 24.5 Å². The molecule has 0 radical (unpaired) electrons. The minimum atomic E-state index is -0.458. The van der Waals surface area contributed by atoms with Crippen LogP contribution in [0.25, 0.3) is 16.3 Å². The van der Waals surface area contributed by atoms with E-state index in [1.807, 2.05) is 12.1 Å². The van der Waals surface area contributed by atoms with E-state index in [2.05, 4.69) is 26.1 Å². The van der Waals surface area contributed by atoms with E-state index in [1.54, 1.807) is 10.6 Å². The van der Waals surface area contributed by atoms with Gasteiger partial charge in [0.2, 0.25) is 0 Å². The van der Waals surface area contributed by atoms with Crippen molar-refractivity contribution in [3.8, 4) is 10.7 Å². The molecule has 0 aliphatic carbocycles. The number of methoxy groups -OCH3 is 1. The number of ether oxygens (including phenoxy) is 1. The summed E-state index contributed by atoms with van der Waals surface area (Å²) in [5, 5.41) is 8.53. The highest BCUT2D eigenvalue weighted by Gasteiger charge is 2.16. The lowest BCUT2D eigenvalue weighted by atomic mass is 10.3. The Kier molecular flexibility index (Phi) is 3.49. The van der Waals surface area contributed by atoms with Gasteiger partial charge in [0.05, 0.1) is 26.4 Å². The van der Waals surface area contributed by atoms with Gasteiger partial charge in [-0.2, -0.15) is 0 Å². The van der Waals surface area contributed by atoms with Crippen LogP contribution in [0.1, 0.15) is 10.4 Å². The summed E-state index contributed by atoms with van der Waals surface area (Å²) >= 11 is 11.1. The number of pyridine rings is 1. The molecule has 0 aliphatic heterocycles. The molecule has 0 spiro atoms. The molecule has 0 unspecified atom stereocenters. The van der Waals surface area contributed by atoms with E-state index in [-0.39, 0.29) is 0 Å². The molecule has 20 heavy (non-hydrogen) atoms. The van der Waals surface area contributed by atoms with Crippen LogP contribution in [0.4, 0.5) is 0 Å². The number of carbonyl (C=O) groups excluding carboxylic acids is 1. The molecule has 0 amide bonds. The predicted molar refractivity (Wildman–Crippen MR) is 80.3 cm³/mol. The van der Waals surface area contributed by atoms with Crippen molar-refractivity contribution < 1.29 is 9.53 Å². The lowest BCUT2D eigenvalue weighted by molar-refractivity contribution is 0.0600. The molecule has 3 aromatic heterocycles. The zero-order valence-corrected chi connectivity index (χ0v) is 13.3. The van der Waals surface area contributed by atoms with Crippen LogP contribution in [0.3, 0.4) is 0 Å². The molecule has 0 fully saturated rings. The Hall–Kier alpha value is -1.44. The van der Waals surface area contributed by atoms with Crippen LogP contribution >= 0.6 is 38.9 Å². The number of esters is 1. The third-order valence-electron chi connectivity index (χ3n) is 2.67. The number of halogens is 2. The third kappa shape index (κ3) is 2.21. The number of thiophene rings is 1. The van der Waals surface area contributed by atoms with Gasteiger partial charge in [-0.05, 0) is 34.1 Å². The molecule has 102 valence electrons. The van der Waals surface area contributed by atoms with E-state index in [0.717, 1.165) is 8.66 Å². The first-order valence-corrected chi connectivity index (χ1v) is 7.47. The number of hydrogen-bond acceptors (Lipinski definition) is 5. The smallest absolute Gasteiger partial charge is 0.339 e. The second-order valence-corrected chi connectivity index (χ2v) is 6.76. The Bertz CT molecular complexity index is 814. The first-order chi connectivity index (χ1) is 9.60. The highest BCUT2D eigenvalue weighted by Crippen LogP contribution is 2.31. The standard InChI is InChI=1S/C12H7BrClN3O2S/c1-19-12(18)6-4-7(14)10-15-16-11(17(10)5-6)8-2-3-9(13)20-8/h2-5H,1H3. The lowest BCUT2D eigenvalue weighted by Gasteiger charge is -2.03. The Balaban J connectivity index is 2.24. The van der Waals surface area contributed by atoms with E-state index >= 15 is 0 Å². The summed E-state index contributed by atoms with van der Waals surface area (Å²) in [4.78, 5) is 12.6. The maximum Gasteiger partial charge on any atom is 0.339 e. The molecule has 0 saturated carbocycles. The average Bonchev–Trinajstić information content (AvgIpc) is 3.03. The molecule has 0 aromatic carbocycles. The Morgan fingerprint density at radius 3 is 2.90 bits per heavy atom. The molecule has 0 atom stereocenters. The van der Waals surface area contributed by atoms with Crippen LogP contribution in [0.2, 0.25) is 5.02 Å². The van der Waals surface area contributed by atoms with Gasteiger partial charge in [0.15, 0.2) is 11.5 Å². The zero-order valence-electron chi connectivity index (χ0n) is 10.1. The fourth-order valence-corrected chi connectivity index (χ4v) is 3.40. The summed E-state index contributed by atoms with van der Waals surface area (Å²) in [6, 6.07) is 5.36. The van der Waals surface area contributed by atoms with Crippen molar-refractivity contribution in [2.45, 2.75) is 0 Å². The molecule has 3 aromatic rings. The summed E-state index contributed by atoms with van der Waals surface area (Å²) in [6.07, 6.45) is 1.62. The van der Waals surface area contributed by atoms with Crippen LogP contribution in [-0.2, 0) is 4.74 Å². The molecule has 0 saturated heterocycles. The number of nitrogens with zero attached hydrogens (tertiary/aromatic N) is 3. The molecule has 8 heteroatoms. The van der Waals surface area contributed by atoms with Crippen LogP contribution in [0.15, 0.2) is 28.2 Å². The van der Waals surface area contributed by atoms with Crippen molar-refractivity contribution in [1.29, 1.82) is 0 Å². The molecular formula is C12H7BrClN3O2S. The number of hydrogen-bond donors (Lipinski definition) is 0. The highest BCUT2D eigenvalue weighted by atomic mass is 79.9. The van der Waals surface area contributed by atoms with Crippen molar-refractivity contribution in [3.05, 3.63) is 38.8 Å². The van der Waals surface area contributed by atoms with Gasteiger partial charge < -0.3 is 4.74 Å². The van der Waals surface area contributed by atoms with Gasteiger partial charge in [-0.1, -0.05) is 11.6 Å². The normalized spacial score (nSPS) is 10.9. The Morgan fingerprint density at radius 1 is 1.45 bits per heavy atom. The van der Waals surface area contributed by atoms with Gasteiger partial charge in [0.25, 0.3) is 0 Å². The van der Waals surface area contributed by atoms with Gasteiger partial charge in [0, 0.05) is 6.20 Å². The topological polar surface area (TPSA) is 56.5 Å². The number of fused-ring (bicyclic) bond motifs is 1. The summed E-state index contributed by atoms with van der Waals surface area (Å²) < 4.78 is 7.38. The maximum absolute atomic E-state index is 11.6. The highest BCUT2D eigenvalue weighted by molar-refractivity contribution is 9.11. The SMILES string of the molecule is COC(=O)c1cc(Cl)c2nnc(-c3ccc(Br)s3)n2c1. The van der Waals surface area contributed by atoms with Crippen molar-refractivity contribution >= 4 is 50.5 Å². The van der Waals surface area contributed by atoms with Crippen LogP contribution in [0, 0.1) is 0 Å². The minimum Gasteiger partial charge on any atom is -0.465 e. The fourth-order valence-electron chi connectivity index (χ4n) is 1.79. The molecule has 0 N–H and O–H groups in total. The average molecular weight is 373 g/mol. The van der Waals surface area contributed by atoms with Crippen LogP contribution in [-0.4, -0.2) is 27.7 Å². The van der Waals surface area contributed by atoms with Crippen molar-refractivity contribution in [2.24, 2.45) is 0 Å². The fraction of sp³-hybridized carbons (Fsp3) is 0.0833. The van der Waals surface area contributed by atoms with Gasteiger partial charge in [0.1, 0.15) is 0 Å². The molecule has 0 aliphatic rings. The molecule has 0 bridgehead atoms. The summed E-state index contributed by atoms with van der Waals surface area (Å²) in [6.45, 7) is 0. The second-order valence-electron chi connectivity index (χ2n) is 3.89. The molecule has 3 heterocycles. The monoisotopic (exact) mass is 371 g/mol. The van der Waals surface area contributed by atoms with E-state index in [9.17, 15) is 4.79 Å². The third-order valence-corrected chi connectivity index (χ3v) is 4.57. The largest absolute Gasteiger partial charge is 0.465 e. The summed E-state index contributed by atoms with van der Waals surface area (Å²) in [5.41, 5.74) is 0.848. The summed E-state index contributed by atoms with van der Waals surface area (Å²) in [5.74, 6) is 0.171. The van der Waals surface area contributed by atoms with E-state index in [4.69, 9.17) is 16.3 Å². The molecule has 5 nitrogen and oxygen atoms in total. The van der Waals surface area contributed by atoms with Crippen molar-refractivity contribution in [3.63, 3.8) is 0 Å². The summed E-state index contributed by atoms with van der Waals surface area (Å²) in [7, 11) is 1.32.